The molecule has 0 spiro atoms. The van der Waals surface area contributed by atoms with Crippen molar-refractivity contribution >= 4 is 22.4 Å². The Hall–Kier alpha value is -3.80. The van der Waals surface area contributed by atoms with Gasteiger partial charge in [0.15, 0.2) is 5.65 Å². The standard InChI is InChI=1S/C23H19N5O/c1-15-21(16(2)26-15)18-11-20-22(25-12-18)27-23(29-19-9-6-10-24-13-19)28(20)14-17-7-4-3-5-8-17/h3-13H,14H2,1-2H3. The normalized spacial score (nSPS) is 13.4. The summed E-state index contributed by atoms with van der Waals surface area (Å²) < 4.78 is 8.11. The molecular weight excluding hydrogens is 362 g/mol. The van der Waals surface area contributed by atoms with Crippen molar-refractivity contribution in [2.75, 3.05) is 0 Å². The number of imidazole rings is 1. The van der Waals surface area contributed by atoms with Crippen LogP contribution in [0.5, 0.6) is 11.8 Å². The molecule has 29 heavy (non-hydrogen) atoms. The molecule has 0 fully saturated rings. The van der Waals surface area contributed by atoms with Crippen LogP contribution in [0.3, 0.4) is 0 Å². The van der Waals surface area contributed by atoms with Crippen molar-refractivity contribution in [3.05, 3.63) is 83.9 Å². The first-order chi connectivity index (χ1) is 14.2. The van der Waals surface area contributed by atoms with E-state index in [0.717, 1.165) is 33.6 Å². The number of aromatic nitrogens is 4. The van der Waals surface area contributed by atoms with Crippen LogP contribution in [0.4, 0.5) is 0 Å². The third-order valence-corrected chi connectivity index (χ3v) is 4.95. The number of nitrogens with zero attached hydrogens (tertiary/aromatic N) is 5. The number of fused-ring (bicyclic) bond motifs is 1. The fourth-order valence-electron chi connectivity index (χ4n) is 3.62. The van der Waals surface area contributed by atoms with Crippen molar-refractivity contribution < 1.29 is 4.74 Å². The number of hydrogen-bond donors (Lipinski definition) is 0. The number of ether oxygens (including phenoxy) is 1. The molecule has 0 saturated carbocycles. The third-order valence-electron chi connectivity index (χ3n) is 4.95. The average molecular weight is 381 g/mol. The fraction of sp³-hybridized carbons (Fsp3) is 0.130. The quantitative estimate of drug-likeness (QED) is 0.495. The van der Waals surface area contributed by atoms with E-state index in [2.05, 4.69) is 42.7 Å². The molecule has 5 rings (SSSR count). The molecule has 142 valence electrons. The summed E-state index contributed by atoms with van der Waals surface area (Å²) in [5.74, 6) is 0.637. The number of allylic oxidation sites excluding steroid dienone is 2. The molecule has 0 amide bonds. The zero-order chi connectivity index (χ0) is 19.8. The summed E-state index contributed by atoms with van der Waals surface area (Å²) >= 11 is 0. The number of rotatable bonds is 5. The van der Waals surface area contributed by atoms with Crippen molar-refractivity contribution in [1.82, 2.24) is 19.5 Å². The van der Waals surface area contributed by atoms with E-state index in [1.807, 2.05) is 50.4 Å². The molecule has 0 radical (unpaired) electrons. The Labute approximate surface area is 168 Å². The maximum absolute atomic E-state index is 6.06. The van der Waals surface area contributed by atoms with Gasteiger partial charge in [0.25, 0.3) is 0 Å². The SMILES string of the molecule is CC1=NC(C)=C1c1cnc2nc(Oc3cccnc3)n(Cc3ccccc3)c2c1. The van der Waals surface area contributed by atoms with Crippen LogP contribution < -0.4 is 4.74 Å². The highest BCUT2D eigenvalue weighted by atomic mass is 16.5. The van der Waals surface area contributed by atoms with Crippen LogP contribution in [-0.2, 0) is 6.54 Å². The summed E-state index contributed by atoms with van der Waals surface area (Å²) in [6.07, 6.45) is 5.24. The first-order valence-corrected chi connectivity index (χ1v) is 9.44. The van der Waals surface area contributed by atoms with Crippen LogP contribution in [0.15, 0.2) is 77.8 Å². The maximum atomic E-state index is 6.06. The molecule has 4 aromatic rings. The molecule has 6 nitrogen and oxygen atoms in total. The summed E-state index contributed by atoms with van der Waals surface area (Å²) in [6, 6.07) is 16.6. The second-order valence-electron chi connectivity index (χ2n) is 6.98. The minimum Gasteiger partial charge on any atom is -0.424 e. The minimum atomic E-state index is 0.492. The Morgan fingerprint density at radius 2 is 1.86 bits per heavy atom. The van der Waals surface area contributed by atoms with Gasteiger partial charge in [-0.2, -0.15) is 4.98 Å². The van der Waals surface area contributed by atoms with Gasteiger partial charge in [-0.05, 0) is 37.6 Å². The Bertz CT molecular complexity index is 1260. The van der Waals surface area contributed by atoms with E-state index in [4.69, 9.17) is 4.74 Å². The smallest absolute Gasteiger partial charge is 0.304 e. The van der Waals surface area contributed by atoms with Gasteiger partial charge in [-0.3, -0.25) is 14.5 Å². The number of pyridine rings is 2. The molecule has 0 aliphatic carbocycles. The van der Waals surface area contributed by atoms with E-state index in [-0.39, 0.29) is 0 Å². The van der Waals surface area contributed by atoms with Gasteiger partial charge in [-0.15, -0.1) is 0 Å². The molecule has 0 N–H and O–H groups in total. The first kappa shape index (κ1) is 17.3. The van der Waals surface area contributed by atoms with Crippen molar-refractivity contribution in [2.45, 2.75) is 20.4 Å². The summed E-state index contributed by atoms with van der Waals surface area (Å²) in [4.78, 5) is 17.8. The minimum absolute atomic E-state index is 0.492. The number of aliphatic imine (C=N–C) groups is 1. The second-order valence-corrected chi connectivity index (χ2v) is 6.98. The molecule has 0 saturated heterocycles. The average Bonchev–Trinajstić information content (AvgIpc) is 3.06. The summed E-state index contributed by atoms with van der Waals surface area (Å²) in [6.45, 7) is 4.67. The first-order valence-electron chi connectivity index (χ1n) is 9.44. The van der Waals surface area contributed by atoms with Crippen molar-refractivity contribution in [2.24, 2.45) is 4.99 Å². The lowest BCUT2D eigenvalue weighted by molar-refractivity contribution is 0.420. The van der Waals surface area contributed by atoms with E-state index >= 15 is 0 Å². The van der Waals surface area contributed by atoms with Gasteiger partial charge < -0.3 is 4.74 Å². The molecule has 4 heterocycles. The monoisotopic (exact) mass is 381 g/mol. The topological polar surface area (TPSA) is 65.2 Å². The summed E-state index contributed by atoms with van der Waals surface area (Å²) in [5, 5.41) is 0. The lowest BCUT2D eigenvalue weighted by atomic mass is 9.97. The van der Waals surface area contributed by atoms with Crippen LogP contribution in [0.1, 0.15) is 25.0 Å². The number of benzene rings is 1. The highest BCUT2D eigenvalue weighted by molar-refractivity contribution is 6.28. The molecule has 6 heteroatoms. The fourth-order valence-corrected chi connectivity index (χ4v) is 3.62. The second kappa shape index (κ2) is 6.98. The molecule has 0 atom stereocenters. The van der Waals surface area contributed by atoms with E-state index in [1.54, 1.807) is 12.4 Å². The Morgan fingerprint density at radius 3 is 2.59 bits per heavy atom. The van der Waals surface area contributed by atoms with Crippen LogP contribution in [0.2, 0.25) is 0 Å². The third kappa shape index (κ3) is 3.18. The van der Waals surface area contributed by atoms with Crippen molar-refractivity contribution in [3.63, 3.8) is 0 Å². The van der Waals surface area contributed by atoms with Crippen LogP contribution in [-0.4, -0.2) is 25.2 Å². The van der Waals surface area contributed by atoms with Gasteiger partial charge in [0.1, 0.15) is 5.75 Å². The number of hydrogen-bond acceptors (Lipinski definition) is 5. The van der Waals surface area contributed by atoms with Crippen LogP contribution in [0.25, 0.3) is 16.7 Å². The molecule has 3 aromatic heterocycles. The van der Waals surface area contributed by atoms with E-state index in [9.17, 15) is 0 Å². The maximum Gasteiger partial charge on any atom is 0.304 e. The van der Waals surface area contributed by atoms with Gasteiger partial charge >= 0.3 is 6.01 Å². The highest BCUT2D eigenvalue weighted by Crippen LogP contribution is 2.32. The molecule has 0 unspecified atom stereocenters. The Morgan fingerprint density at radius 1 is 1.00 bits per heavy atom. The van der Waals surface area contributed by atoms with Gasteiger partial charge in [0.2, 0.25) is 0 Å². The Kier molecular flexibility index (Phi) is 4.17. The van der Waals surface area contributed by atoms with E-state index in [0.29, 0.717) is 24.0 Å². The van der Waals surface area contributed by atoms with E-state index < -0.39 is 0 Å². The molecule has 1 aromatic carbocycles. The van der Waals surface area contributed by atoms with Crippen LogP contribution >= 0.6 is 0 Å². The molecule has 1 aliphatic rings. The summed E-state index contributed by atoms with van der Waals surface area (Å²) in [5.41, 5.74) is 6.99. The predicted octanol–water partition coefficient (Wildman–Crippen LogP) is 4.87. The molecule has 0 bridgehead atoms. The zero-order valence-electron chi connectivity index (χ0n) is 16.2. The van der Waals surface area contributed by atoms with Gasteiger partial charge in [-0.1, -0.05) is 30.3 Å². The largest absolute Gasteiger partial charge is 0.424 e. The van der Waals surface area contributed by atoms with Gasteiger partial charge in [0.05, 0.1) is 18.3 Å². The van der Waals surface area contributed by atoms with Crippen molar-refractivity contribution in [1.29, 1.82) is 0 Å². The lowest BCUT2D eigenvalue weighted by Crippen LogP contribution is -2.09. The van der Waals surface area contributed by atoms with E-state index in [1.165, 1.54) is 0 Å². The van der Waals surface area contributed by atoms with Crippen LogP contribution in [0, 0.1) is 0 Å². The molecular formula is C23H19N5O. The highest BCUT2D eigenvalue weighted by Gasteiger charge is 2.21. The van der Waals surface area contributed by atoms with Gasteiger partial charge in [-0.25, -0.2) is 4.98 Å². The predicted molar refractivity (Wildman–Crippen MR) is 113 cm³/mol. The zero-order valence-corrected chi connectivity index (χ0v) is 16.2. The Balaban J connectivity index is 1.63. The molecule has 1 aliphatic heterocycles. The lowest BCUT2D eigenvalue weighted by Gasteiger charge is -2.18. The van der Waals surface area contributed by atoms with Gasteiger partial charge in [0, 0.05) is 34.9 Å². The summed E-state index contributed by atoms with van der Waals surface area (Å²) in [7, 11) is 0. The van der Waals surface area contributed by atoms with Crippen molar-refractivity contribution in [3.8, 4) is 11.8 Å².